The first-order valence-corrected chi connectivity index (χ1v) is 6.38. The Bertz CT molecular complexity index is 309. The molecule has 5 nitrogen and oxygen atoms in total. The highest BCUT2D eigenvalue weighted by molar-refractivity contribution is 7.98. The molecule has 0 aliphatic heterocycles. The zero-order valence-corrected chi connectivity index (χ0v) is 10.8. The number of hydrogen-bond donors (Lipinski definition) is 1. The summed E-state index contributed by atoms with van der Waals surface area (Å²) < 4.78 is 10.1. The van der Waals surface area contributed by atoms with Crippen LogP contribution in [0, 0.1) is 0 Å². The van der Waals surface area contributed by atoms with Crippen molar-refractivity contribution >= 4 is 11.8 Å². The monoisotopic (exact) mass is 245 g/mol. The molecular formula is C10H19N3O2S. The molecule has 2 N–H and O–H groups in total. The molecule has 6 heteroatoms. The molecule has 0 spiro atoms. The third-order valence-corrected chi connectivity index (χ3v) is 2.94. The molecule has 0 saturated heterocycles. The van der Waals surface area contributed by atoms with Gasteiger partial charge >= 0.3 is 0 Å². The summed E-state index contributed by atoms with van der Waals surface area (Å²) in [5.74, 6) is 2.95. The fourth-order valence-electron chi connectivity index (χ4n) is 1.04. The van der Waals surface area contributed by atoms with E-state index >= 15 is 0 Å². The van der Waals surface area contributed by atoms with E-state index in [9.17, 15) is 0 Å². The molecule has 1 heterocycles. The largest absolute Gasteiger partial charge is 0.385 e. The van der Waals surface area contributed by atoms with Crippen LogP contribution in [0.15, 0.2) is 4.52 Å². The van der Waals surface area contributed by atoms with Crippen LogP contribution in [-0.2, 0) is 16.0 Å². The Kier molecular flexibility index (Phi) is 5.24. The van der Waals surface area contributed by atoms with Crippen molar-refractivity contribution in [1.29, 1.82) is 0 Å². The van der Waals surface area contributed by atoms with Crippen LogP contribution in [-0.4, -0.2) is 29.6 Å². The molecule has 0 radical (unpaired) electrons. The Morgan fingerprint density at radius 1 is 1.50 bits per heavy atom. The molecule has 1 rings (SSSR count). The van der Waals surface area contributed by atoms with Gasteiger partial charge in [0.1, 0.15) is 0 Å². The normalized spacial score (nSPS) is 12.0. The van der Waals surface area contributed by atoms with Gasteiger partial charge in [-0.25, -0.2) is 0 Å². The maximum atomic E-state index is 5.86. The van der Waals surface area contributed by atoms with Crippen molar-refractivity contribution in [1.82, 2.24) is 10.1 Å². The fourth-order valence-corrected chi connectivity index (χ4v) is 1.80. The first kappa shape index (κ1) is 13.5. The van der Waals surface area contributed by atoms with E-state index in [1.54, 1.807) is 18.9 Å². The zero-order valence-electron chi connectivity index (χ0n) is 10.0. The van der Waals surface area contributed by atoms with Gasteiger partial charge in [0, 0.05) is 13.7 Å². The molecule has 0 aliphatic rings. The van der Waals surface area contributed by atoms with Gasteiger partial charge < -0.3 is 15.0 Å². The van der Waals surface area contributed by atoms with Crippen LogP contribution < -0.4 is 5.73 Å². The lowest BCUT2D eigenvalue weighted by molar-refractivity contribution is 0.200. The molecular weight excluding hydrogens is 226 g/mol. The molecule has 0 saturated carbocycles. The van der Waals surface area contributed by atoms with Gasteiger partial charge in [0.2, 0.25) is 5.89 Å². The van der Waals surface area contributed by atoms with Crippen LogP contribution in [0.5, 0.6) is 0 Å². The minimum Gasteiger partial charge on any atom is -0.385 e. The van der Waals surface area contributed by atoms with Crippen molar-refractivity contribution in [3.8, 4) is 0 Å². The average molecular weight is 245 g/mol. The van der Waals surface area contributed by atoms with Crippen LogP contribution in [0.4, 0.5) is 0 Å². The van der Waals surface area contributed by atoms with Crippen LogP contribution in [0.2, 0.25) is 0 Å². The number of hydrogen-bond acceptors (Lipinski definition) is 6. The highest BCUT2D eigenvalue weighted by Gasteiger charge is 2.21. The average Bonchev–Trinajstić information content (AvgIpc) is 2.65. The Hall–Kier alpha value is -0.590. The van der Waals surface area contributed by atoms with Crippen LogP contribution in [0.25, 0.3) is 0 Å². The van der Waals surface area contributed by atoms with Crippen molar-refractivity contribution < 1.29 is 9.26 Å². The molecule has 92 valence electrons. The Morgan fingerprint density at radius 3 is 2.81 bits per heavy atom. The summed E-state index contributed by atoms with van der Waals surface area (Å²) >= 11 is 1.75. The summed E-state index contributed by atoms with van der Waals surface area (Å²) in [6.45, 7) is 4.50. The standard InChI is InChI=1S/C10H19N3O2S/c1-10(2,11)9-12-8(15-13-9)7-16-6-4-5-14-3/h4-7,11H2,1-3H3. The Morgan fingerprint density at radius 2 is 2.25 bits per heavy atom. The number of nitrogens with two attached hydrogens (primary N) is 1. The number of methoxy groups -OCH3 is 1. The van der Waals surface area contributed by atoms with Crippen LogP contribution >= 0.6 is 11.8 Å². The third kappa shape index (κ3) is 4.51. The lowest BCUT2D eigenvalue weighted by atomic mass is 10.1. The molecule has 16 heavy (non-hydrogen) atoms. The van der Waals surface area contributed by atoms with Gasteiger partial charge in [-0.1, -0.05) is 5.16 Å². The van der Waals surface area contributed by atoms with Gasteiger partial charge in [-0.15, -0.1) is 0 Å². The topological polar surface area (TPSA) is 74.2 Å². The molecule has 0 atom stereocenters. The molecule has 0 fully saturated rings. The summed E-state index contributed by atoms with van der Waals surface area (Å²) in [6.07, 6.45) is 1.03. The second kappa shape index (κ2) is 6.22. The smallest absolute Gasteiger partial charge is 0.236 e. The lowest BCUT2D eigenvalue weighted by Crippen LogP contribution is -2.30. The van der Waals surface area contributed by atoms with E-state index < -0.39 is 5.54 Å². The predicted molar refractivity (Wildman–Crippen MR) is 64.2 cm³/mol. The molecule has 0 aromatic carbocycles. The number of thioether (sulfide) groups is 1. The minimum atomic E-state index is -0.539. The second-order valence-electron chi connectivity index (χ2n) is 4.13. The fraction of sp³-hybridized carbons (Fsp3) is 0.800. The maximum Gasteiger partial charge on any atom is 0.236 e. The number of ether oxygens (including phenoxy) is 1. The van der Waals surface area contributed by atoms with Gasteiger partial charge in [-0.05, 0) is 26.0 Å². The molecule has 1 aromatic rings. The first-order chi connectivity index (χ1) is 7.54. The van der Waals surface area contributed by atoms with Crippen molar-refractivity contribution in [3.05, 3.63) is 11.7 Å². The minimum absolute atomic E-state index is 0.539. The molecule has 0 unspecified atom stereocenters. The summed E-state index contributed by atoms with van der Waals surface area (Å²) in [6, 6.07) is 0. The Balaban J connectivity index is 2.30. The van der Waals surface area contributed by atoms with Crippen LogP contribution in [0.3, 0.4) is 0 Å². The lowest BCUT2D eigenvalue weighted by Gasteiger charge is -2.11. The van der Waals surface area contributed by atoms with E-state index in [0.717, 1.165) is 24.5 Å². The molecule has 0 aliphatic carbocycles. The molecule has 1 aromatic heterocycles. The first-order valence-electron chi connectivity index (χ1n) is 5.22. The summed E-state index contributed by atoms with van der Waals surface area (Å²) in [5.41, 5.74) is 5.32. The van der Waals surface area contributed by atoms with Crippen molar-refractivity contribution in [3.63, 3.8) is 0 Å². The van der Waals surface area contributed by atoms with Crippen LogP contribution in [0.1, 0.15) is 32.0 Å². The van der Waals surface area contributed by atoms with E-state index in [4.69, 9.17) is 15.0 Å². The van der Waals surface area contributed by atoms with Gasteiger partial charge in [-0.2, -0.15) is 16.7 Å². The number of rotatable bonds is 7. The number of nitrogens with zero attached hydrogens (tertiary/aromatic N) is 2. The van der Waals surface area contributed by atoms with E-state index in [1.165, 1.54) is 0 Å². The van der Waals surface area contributed by atoms with Gasteiger partial charge in [0.15, 0.2) is 5.82 Å². The quantitative estimate of drug-likeness (QED) is 0.734. The SMILES string of the molecule is COCCCSCc1nc(C(C)(C)N)no1. The Labute approximate surface area is 100 Å². The predicted octanol–water partition coefficient (Wildman–Crippen LogP) is 1.53. The van der Waals surface area contributed by atoms with E-state index in [0.29, 0.717) is 11.7 Å². The summed E-state index contributed by atoms with van der Waals surface area (Å²) in [5, 5.41) is 3.85. The van der Waals surface area contributed by atoms with Crippen molar-refractivity contribution in [2.24, 2.45) is 5.73 Å². The highest BCUT2D eigenvalue weighted by Crippen LogP contribution is 2.16. The summed E-state index contributed by atoms with van der Waals surface area (Å²) in [4.78, 5) is 4.24. The number of aromatic nitrogens is 2. The van der Waals surface area contributed by atoms with E-state index in [1.807, 2.05) is 13.8 Å². The summed E-state index contributed by atoms with van der Waals surface area (Å²) in [7, 11) is 1.71. The second-order valence-corrected chi connectivity index (χ2v) is 5.24. The highest BCUT2D eigenvalue weighted by atomic mass is 32.2. The molecule has 0 amide bonds. The zero-order chi connectivity index (χ0) is 12.0. The van der Waals surface area contributed by atoms with Gasteiger partial charge in [-0.3, -0.25) is 0 Å². The van der Waals surface area contributed by atoms with Gasteiger partial charge in [0.25, 0.3) is 0 Å². The molecule has 0 bridgehead atoms. The maximum absolute atomic E-state index is 5.86. The third-order valence-electron chi connectivity index (χ3n) is 1.91. The van der Waals surface area contributed by atoms with Crippen molar-refractivity contribution in [2.45, 2.75) is 31.6 Å². The van der Waals surface area contributed by atoms with E-state index in [-0.39, 0.29) is 0 Å². The van der Waals surface area contributed by atoms with Crippen molar-refractivity contribution in [2.75, 3.05) is 19.5 Å². The van der Waals surface area contributed by atoms with Gasteiger partial charge in [0.05, 0.1) is 11.3 Å². The van der Waals surface area contributed by atoms with E-state index in [2.05, 4.69) is 10.1 Å².